The third-order valence-corrected chi connectivity index (χ3v) is 6.77. The van der Waals surface area contributed by atoms with Gasteiger partial charge in [0.15, 0.2) is 11.5 Å². The van der Waals surface area contributed by atoms with Crippen LogP contribution in [-0.2, 0) is 14.8 Å². The number of hydrogen-bond donors (Lipinski definition) is 1. The Morgan fingerprint density at radius 1 is 1.15 bits per heavy atom. The molecule has 0 aromatic heterocycles. The Morgan fingerprint density at radius 2 is 1.96 bits per heavy atom. The molecule has 3 heterocycles. The Hall–Kier alpha value is -1.55. The summed E-state index contributed by atoms with van der Waals surface area (Å²) in [5.41, 5.74) is 0. The number of amides is 1. The number of fused-ring (bicyclic) bond motifs is 1. The van der Waals surface area contributed by atoms with E-state index < -0.39 is 10.0 Å². The lowest BCUT2D eigenvalue weighted by atomic mass is 10.1. The number of hydrogen-bond acceptors (Lipinski definition) is 6. The van der Waals surface area contributed by atoms with Gasteiger partial charge in [-0.15, -0.1) is 12.4 Å². The second-order valence-corrected chi connectivity index (χ2v) is 8.38. The maximum absolute atomic E-state index is 13.0. The van der Waals surface area contributed by atoms with Crippen molar-refractivity contribution in [2.45, 2.75) is 23.8 Å². The largest absolute Gasteiger partial charge is 0.454 e. The van der Waals surface area contributed by atoms with Gasteiger partial charge in [0.2, 0.25) is 22.7 Å². The Balaban J connectivity index is 0.00000196. The summed E-state index contributed by atoms with van der Waals surface area (Å²) in [6.07, 6.45) is 1.57. The molecule has 1 aromatic carbocycles. The fourth-order valence-electron chi connectivity index (χ4n) is 3.59. The molecule has 0 bridgehead atoms. The van der Waals surface area contributed by atoms with E-state index in [0.717, 1.165) is 19.4 Å². The monoisotopic (exact) mass is 403 g/mol. The number of nitrogens with zero attached hydrogens (tertiary/aromatic N) is 2. The highest BCUT2D eigenvalue weighted by molar-refractivity contribution is 7.89. The van der Waals surface area contributed by atoms with Gasteiger partial charge in [0.1, 0.15) is 0 Å². The van der Waals surface area contributed by atoms with Crippen molar-refractivity contribution in [2.24, 2.45) is 0 Å². The van der Waals surface area contributed by atoms with Gasteiger partial charge in [-0.1, -0.05) is 0 Å². The second-order valence-electron chi connectivity index (χ2n) is 6.44. The molecule has 1 N–H and O–H groups in total. The first-order chi connectivity index (χ1) is 12.1. The molecule has 1 amide bonds. The third-order valence-electron chi connectivity index (χ3n) is 4.91. The van der Waals surface area contributed by atoms with Gasteiger partial charge in [-0.25, -0.2) is 8.42 Å². The number of piperidine rings is 1. The van der Waals surface area contributed by atoms with E-state index in [1.807, 2.05) is 4.90 Å². The molecule has 4 rings (SSSR count). The second kappa shape index (κ2) is 7.59. The molecule has 2 saturated heterocycles. The topological polar surface area (TPSA) is 88.2 Å². The van der Waals surface area contributed by atoms with Gasteiger partial charge in [0, 0.05) is 38.3 Å². The zero-order valence-electron chi connectivity index (χ0n) is 14.2. The Morgan fingerprint density at radius 3 is 2.77 bits per heavy atom. The van der Waals surface area contributed by atoms with E-state index in [9.17, 15) is 13.2 Å². The predicted molar refractivity (Wildman–Crippen MR) is 96.2 cm³/mol. The van der Waals surface area contributed by atoms with Crippen LogP contribution in [-0.4, -0.2) is 69.1 Å². The van der Waals surface area contributed by atoms with Gasteiger partial charge >= 0.3 is 0 Å². The van der Waals surface area contributed by atoms with Crippen LogP contribution in [0.25, 0.3) is 0 Å². The van der Waals surface area contributed by atoms with Crippen LogP contribution in [0.1, 0.15) is 12.8 Å². The van der Waals surface area contributed by atoms with Crippen LogP contribution in [0, 0.1) is 0 Å². The minimum Gasteiger partial charge on any atom is -0.454 e. The Bertz CT molecular complexity index is 788. The van der Waals surface area contributed by atoms with Gasteiger partial charge in [-0.3, -0.25) is 4.79 Å². The number of sulfonamides is 1. The maximum Gasteiger partial charge on any atom is 0.243 e. The lowest BCUT2D eigenvalue weighted by Crippen LogP contribution is -2.57. The summed E-state index contributed by atoms with van der Waals surface area (Å²) in [5, 5.41) is 3.05. The lowest BCUT2D eigenvalue weighted by Gasteiger charge is -2.40. The first-order valence-corrected chi connectivity index (χ1v) is 9.90. The summed E-state index contributed by atoms with van der Waals surface area (Å²) in [6.45, 7) is 2.61. The standard InChI is InChI=1S/C16H21N3O5S.ClH/c20-16-9-17-5-7-19(16)12-2-1-6-18(10-12)25(21,22)13-3-4-14-15(8-13)24-11-23-14;/h3-4,8,12,17H,1-2,5-7,9-11H2;1H. The van der Waals surface area contributed by atoms with Crippen molar-refractivity contribution in [3.8, 4) is 11.5 Å². The normalized spacial score (nSPS) is 23.6. The van der Waals surface area contributed by atoms with Gasteiger partial charge in [-0.05, 0) is 25.0 Å². The van der Waals surface area contributed by atoms with Crippen molar-refractivity contribution in [2.75, 3.05) is 39.5 Å². The van der Waals surface area contributed by atoms with Gasteiger partial charge in [0.05, 0.1) is 11.4 Å². The average Bonchev–Trinajstić information content (AvgIpc) is 3.10. The van der Waals surface area contributed by atoms with Gasteiger partial charge < -0.3 is 19.7 Å². The third kappa shape index (κ3) is 3.48. The number of carbonyl (C=O) groups is 1. The van der Waals surface area contributed by atoms with Crippen molar-refractivity contribution >= 4 is 28.3 Å². The minimum atomic E-state index is -3.63. The average molecular weight is 404 g/mol. The summed E-state index contributed by atoms with van der Waals surface area (Å²) in [7, 11) is -3.63. The summed E-state index contributed by atoms with van der Waals surface area (Å²) in [5.74, 6) is 1.05. The molecule has 3 aliphatic heterocycles. The number of piperazine rings is 1. The molecule has 1 aromatic rings. The van der Waals surface area contributed by atoms with Crippen LogP contribution >= 0.6 is 12.4 Å². The number of carbonyl (C=O) groups excluding carboxylic acids is 1. The number of halogens is 1. The van der Waals surface area contributed by atoms with Crippen molar-refractivity contribution in [3.63, 3.8) is 0 Å². The Kier molecular flexibility index (Phi) is 5.61. The van der Waals surface area contributed by atoms with Crippen LogP contribution in [0.3, 0.4) is 0 Å². The Labute approximate surface area is 158 Å². The van der Waals surface area contributed by atoms with Crippen LogP contribution < -0.4 is 14.8 Å². The fraction of sp³-hybridized carbons (Fsp3) is 0.562. The molecule has 0 spiro atoms. The molecule has 0 radical (unpaired) electrons. The molecular formula is C16H22ClN3O5S. The molecule has 3 aliphatic rings. The van der Waals surface area contributed by atoms with E-state index >= 15 is 0 Å². The molecule has 1 unspecified atom stereocenters. The molecular weight excluding hydrogens is 382 g/mol. The SMILES string of the molecule is Cl.O=C1CNCCN1C1CCCN(S(=O)(=O)c2ccc3c(c2)OCO3)C1. The van der Waals surface area contributed by atoms with Crippen molar-refractivity contribution in [1.82, 2.24) is 14.5 Å². The summed E-state index contributed by atoms with van der Waals surface area (Å²) in [6, 6.07) is 4.61. The van der Waals surface area contributed by atoms with Gasteiger partial charge in [0.25, 0.3) is 0 Å². The quantitative estimate of drug-likeness (QED) is 0.787. The fourth-order valence-corrected chi connectivity index (χ4v) is 5.12. The number of nitrogens with one attached hydrogen (secondary N) is 1. The van der Waals surface area contributed by atoms with E-state index in [1.54, 1.807) is 12.1 Å². The molecule has 26 heavy (non-hydrogen) atoms. The highest BCUT2D eigenvalue weighted by Gasteiger charge is 2.35. The van der Waals surface area contributed by atoms with E-state index in [1.165, 1.54) is 10.4 Å². The van der Waals surface area contributed by atoms with Crippen LogP contribution in [0.5, 0.6) is 11.5 Å². The molecule has 144 valence electrons. The first kappa shape index (κ1) is 19.2. The summed E-state index contributed by atoms with van der Waals surface area (Å²) in [4.78, 5) is 14.1. The highest BCUT2D eigenvalue weighted by Crippen LogP contribution is 2.35. The van der Waals surface area contributed by atoms with Crippen molar-refractivity contribution < 1.29 is 22.7 Å². The van der Waals surface area contributed by atoms with E-state index in [-0.39, 0.29) is 36.0 Å². The summed E-state index contributed by atoms with van der Waals surface area (Å²) >= 11 is 0. The molecule has 2 fully saturated rings. The number of benzene rings is 1. The molecule has 8 nitrogen and oxygen atoms in total. The van der Waals surface area contributed by atoms with Crippen molar-refractivity contribution in [3.05, 3.63) is 18.2 Å². The van der Waals surface area contributed by atoms with Crippen LogP contribution in [0.15, 0.2) is 23.1 Å². The molecule has 0 aliphatic carbocycles. The van der Waals surface area contributed by atoms with Crippen molar-refractivity contribution in [1.29, 1.82) is 0 Å². The molecule has 10 heteroatoms. The van der Waals surface area contributed by atoms with E-state index in [2.05, 4.69) is 5.32 Å². The van der Waals surface area contributed by atoms with Gasteiger partial charge in [-0.2, -0.15) is 4.31 Å². The smallest absolute Gasteiger partial charge is 0.243 e. The lowest BCUT2D eigenvalue weighted by molar-refractivity contribution is -0.135. The van der Waals surface area contributed by atoms with E-state index in [0.29, 0.717) is 37.7 Å². The number of rotatable bonds is 3. The minimum absolute atomic E-state index is 0. The first-order valence-electron chi connectivity index (χ1n) is 8.46. The highest BCUT2D eigenvalue weighted by atomic mass is 35.5. The summed E-state index contributed by atoms with van der Waals surface area (Å²) < 4.78 is 38.0. The zero-order chi connectivity index (χ0) is 17.4. The van der Waals surface area contributed by atoms with E-state index in [4.69, 9.17) is 9.47 Å². The molecule has 1 atom stereocenters. The van der Waals surface area contributed by atoms with Crippen LogP contribution in [0.4, 0.5) is 0 Å². The van der Waals surface area contributed by atoms with Crippen LogP contribution in [0.2, 0.25) is 0 Å². The number of ether oxygens (including phenoxy) is 2. The predicted octanol–water partition coefficient (Wildman–Crippen LogP) is 0.422. The zero-order valence-corrected chi connectivity index (χ0v) is 15.9. The molecule has 0 saturated carbocycles. The maximum atomic E-state index is 13.0.